The van der Waals surface area contributed by atoms with E-state index in [-0.39, 0.29) is 0 Å². The predicted octanol–water partition coefficient (Wildman–Crippen LogP) is 15.7. The van der Waals surface area contributed by atoms with Crippen LogP contribution < -0.4 is 49.2 Å². The molecule has 0 spiro atoms. The highest BCUT2D eigenvalue weighted by molar-refractivity contribution is 7.06. The average molecular weight is 1200 g/mol. The summed E-state index contributed by atoms with van der Waals surface area (Å²) in [6.07, 6.45) is 0. The van der Waals surface area contributed by atoms with Crippen molar-refractivity contribution in [1.29, 1.82) is 0 Å². The fraction of sp³-hybridized carbons (Fsp3) is 0. The van der Waals surface area contributed by atoms with Crippen LogP contribution in [0.15, 0.2) is 291 Å². The maximum Gasteiger partial charge on any atom is 0.249 e. The molecule has 0 radical (unpaired) electrons. The summed E-state index contributed by atoms with van der Waals surface area (Å²) in [5.41, 5.74) is 50.6. The number of fused-ring (bicyclic) bond motifs is 18. The molecular formula is C90H48B3N3. The van der Waals surface area contributed by atoms with Gasteiger partial charge in [-0.15, -0.1) is 0 Å². The number of benzene rings is 15. The Morgan fingerprint density at radius 2 is 0.542 bits per heavy atom. The molecule has 12 heterocycles. The molecule has 96 heavy (non-hydrogen) atoms. The van der Waals surface area contributed by atoms with Gasteiger partial charge in [0.05, 0.1) is 16.6 Å². The van der Waals surface area contributed by atoms with Gasteiger partial charge in [0.1, 0.15) is 0 Å². The van der Waals surface area contributed by atoms with E-state index in [1.807, 2.05) is 0 Å². The molecule has 18 aromatic rings. The van der Waals surface area contributed by atoms with Crippen molar-refractivity contribution in [3.05, 3.63) is 291 Å². The molecular weight excluding hydrogens is 1160 g/mol. The lowest BCUT2D eigenvalue weighted by atomic mass is 9.39. The second-order valence-corrected chi connectivity index (χ2v) is 27.8. The first kappa shape index (κ1) is 49.5. The first-order chi connectivity index (χ1) is 47.7. The van der Waals surface area contributed by atoms with E-state index in [0.29, 0.717) is 20.1 Å². The fourth-order valence-electron chi connectivity index (χ4n) is 20.5. The fourth-order valence-corrected chi connectivity index (χ4v) is 20.5. The topological polar surface area (TPSA) is 14.8 Å². The third-order valence-corrected chi connectivity index (χ3v) is 23.8. The maximum absolute atomic E-state index is 2.58. The van der Waals surface area contributed by atoms with Crippen molar-refractivity contribution >= 4 is 135 Å². The lowest BCUT2D eigenvalue weighted by Crippen LogP contribution is -2.50. The molecule has 0 unspecified atom stereocenters. The molecule has 3 aromatic heterocycles. The molecule has 0 fully saturated rings. The Hall–Kier alpha value is -12.1. The molecule has 0 saturated carbocycles. The molecule has 0 amide bonds. The molecule has 3 nitrogen and oxygen atoms in total. The van der Waals surface area contributed by atoms with Crippen LogP contribution in [-0.4, -0.2) is 33.8 Å². The largest absolute Gasteiger partial charge is 0.310 e. The van der Waals surface area contributed by atoms with Gasteiger partial charge in [0.2, 0.25) is 20.1 Å². The van der Waals surface area contributed by atoms with Gasteiger partial charge in [-0.1, -0.05) is 277 Å². The normalized spacial score (nSPS) is 13.6. The SMILES string of the molecule is c1ccc(-c2cc3c4c(c2)-n2c5ccccc5c5ccc6c(c52)B4c2c-3cccc2-6)cc1.c1ccc(-c2ccc3c4c2-n2c5ccccc5c5ccc6c(c52)B4c2c-3cccc2-6)cc1.c1ccc(-c2cccc3c4ccc5c6c4n(c23)-c2cccc3c2B6c2c-3cccc2-5)cc1. The summed E-state index contributed by atoms with van der Waals surface area (Å²) < 4.78 is 7.71. The van der Waals surface area contributed by atoms with E-state index in [1.54, 1.807) is 0 Å². The molecule has 27 rings (SSSR count). The van der Waals surface area contributed by atoms with Crippen LogP contribution in [0.4, 0.5) is 0 Å². The van der Waals surface area contributed by atoms with Crippen molar-refractivity contribution < 1.29 is 0 Å². The summed E-state index contributed by atoms with van der Waals surface area (Å²) in [6.45, 7) is 1.10. The Balaban J connectivity index is 0.0000000865. The third-order valence-electron chi connectivity index (χ3n) is 23.8. The van der Waals surface area contributed by atoms with E-state index >= 15 is 0 Å². The van der Waals surface area contributed by atoms with Crippen LogP contribution in [0.2, 0.25) is 0 Å². The van der Waals surface area contributed by atoms with Crippen LogP contribution in [0.5, 0.6) is 0 Å². The van der Waals surface area contributed by atoms with E-state index < -0.39 is 0 Å². The van der Waals surface area contributed by atoms with Crippen molar-refractivity contribution in [2.75, 3.05) is 0 Å². The number of aromatic nitrogens is 3. The van der Waals surface area contributed by atoms with E-state index in [1.165, 1.54) is 232 Å². The van der Waals surface area contributed by atoms with Gasteiger partial charge in [0.15, 0.2) is 0 Å². The standard InChI is InChI=1S/3C30H16BN/c1-2-7-17(8-3-1)18-9-4-13-23-24-16-15-22-20-11-5-10-19-21-12-6-14-25-27(21)31(26(19)20)28(22)30(24)32(25)29(18)23;1-2-7-17(8-3-1)18-15-24-21-11-6-10-20-22-13-14-23-19-9-4-5-12-25(19)32-26(16-18)28(24)31(27(20)21)29(22)30(23)32;1-2-7-17(8-3-1)18-13-14-22-20-10-6-11-21-23-15-16-24-19-9-4-5-12-25(19)32-29(18)27(22)31(26(20)21)28(23)30(24)32/h3*1-16H. The monoisotopic (exact) mass is 1200 g/mol. The lowest BCUT2D eigenvalue weighted by Gasteiger charge is -2.26. The zero-order valence-corrected chi connectivity index (χ0v) is 51.8. The summed E-state index contributed by atoms with van der Waals surface area (Å²) in [7, 11) is 0. The van der Waals surface area contributed by atoms with Crippen molar-refractivity contribution in [3.8, 4) is 117 Å². The van der Waals surface area contributed by atoms with Gasteiger partial charge in [0, 0.05) is 77.1 Å². The summed E-state index contributed by atoms with van der Waals surface area (Å²) >= 11 is 0. The van der Waals surface area contributed by atoms with Gasteiger partial charge in [-0.05, 0) is 152 Å². The van der Waals surface area contributed by atoms with E-state index in [9.17, 15) is 0 Å². The van der Waals surface area contributed by atoms with Gasteiger partial charge < -0.3 is 13.7 Å². The molecule has 9 aliphatic rings. The smallest absolute Gasteiger partial charge is 0.249 e. The van der Waals surface area contributed by atoms with Crippen LogP contribution in [0.3, 0.4) is 0 Å². The molecule has 432 valence electrons. The Labute approximate surface area is 553 Å². The summed E-state index contributed by atoms with van der Waals surface area (Å²) in [5.74, 6) is 0. The van der Waals surface area contributed by atoms with E-state index in [0.717, 1.165) is 0 Å². The first-order valence-corrected chi connectivity index (χ1v) is 34.0. The number of hydrogen-bond acceptors (Lipinski definition) is 0. The maximum atomic E-state index is 2.58. The van der Waals surface area contributed by atoms with Gasteiger partial charge >= 0.3 is 0 Å². The van der Waals surface area contributed by atoms with Crippen LogP contribution in [-0.2, 0) is 0 Å². The second-order valence-electron chi connectivity index (χ2n) is 27.8. The highest BCUT2D eigenvalue weighted by Crippen LogP contribution is 2.50. The predicted molar refractivity (Wildman–Crippen MR) is 406 cm³/mol. The van der Waals surface area contributed by atoms with Crippen molar-refractivity contribution in [2.24, 2.45) is 0 Å². The number of nitrogens with zero attached hydrogens (tertiary/aromatic N) is 3. The highest BCUT2D eigenvalue weighted by atomic mass is 15.0. The molecule has 15 aromatic carbocycles. The summed E-state index contributed by atoms with van der Waals surface area (Å²) in [6, 6.07) is 108. The zero-order valence-electron chi connectivity index (χ0n) is 51.8. The summed E-state index contributed by atoms with van der Waals surface area (Å²) in [4.78, 5) is 0. The first-order valence-electron chi connectivity index (χ1n) is 34.0. The van der Waals surface area contributed by atoms with Gasteiger partial charge in [0.25, 0.3) is 0 Å². The molecule has 0 saturated heterocycles. The van der Waals surface area contributed by atoms with Crippen molar-refractivity contribution in [1.82, 2.24) is 13.7 Å². The van der Waals surface area contributed by atoms with E-state index in [4.69, 9.17) is 0 Å². The zero-order chi connectivity index (χ0) is 61.7. The number of hydrogen-bond donors (Lipinski definition) is 0. The number of para-hydroxylation sites is 3. The van der Waals surface area contributed by atoms with Gasteiger partial charge in [-0.25, -0.2) is 0 Å². The summed E-state index contributed by atoms with van der Waals surface area (Å²) in [5, 5.41) is 8.15. The van der Waals surface area contributed by atoms with Crippen LogP contribution >= 0.6 is 0 Å². The number of rotatable bonds is 3. The molecule has 0 aliphatic carbocycles. The quantitative estimate of drug-likeness (QED) is 0.157. The van der Waals surface area contributed by atoms with Crippen LogP contribution in [0, 0.1) is 0 Å². The Morgan fingerprint density at radius 1 is 0.177 bits per heavy atom. The van der Waals surface area contributed by atoms with Gasteiger partial charge in [-0.2, -0.15) is 0 Å². The van der Waals surface area contributed by atoms with Crippen molar-refractivity contribution in [2.45, 2.75) is 0 Å². The van der Waals surface area contributed by atoms with Crippen molar-refractivity contribution in [3.63, 3.8) is 0 Å². The minimum Gasteiger partial charge on any atom is -0.310 e. The minimum absolute atomic E-state index is 0.352. The third kappa shape index (κ3) is 5.65. The molecule has 6 heteroatoms. The van der Waals surface area contributed by atoms with Crippen LogP contribution in [0.1, 0.15) is 0 Å². The Kier molecular flexibility index (Phi) is 8.86. The molecule has 9 aliphatic heterocycles. The molecule has 0 atom stereocenters. The van der Waals surface area contributed by atoms with Gasteiger partial charge in [-0.3, -0.25) is 0 Å². The Bertz CT molecular complexity index is 6770. The molecule has 0 bridgehead atoms. The van der Waals surface area contributed by atoms with Crippen LogP contribution in [0.25, 0.3) is 183 Å². The minimum atomic E-state index is 0.352. The second kappa shape index (κ2) is 17.2. The van der Waals surface area contributed by atoms with E-state index in [2.05, 4.69) is 305 Å². The highest BCUT2D eigenvalue weighted by Gasteiger charge is 2.51. The Morgan fingerprint density at radius 3 is 1.12 bits per heavy atom. The average Bonchev–Trinajstić information content (AvgIpc) is 1.51. The lowest BCUT2D eigenvalue weighted by molar-refractivity contribution is 1.19. The molecule has 0 N–H and O–H groups in total.